The Morgan fingerprint density at radius 1 is 1.10 bits per heavy atom. The first-order valence-corrected chi connectivity index (χ1v) is 6.66. The second-order valence-corrected chi connectivity index (χ2v) is 4.81. The van der Waals surface area contributed by atoms with Crippen molar-refractivity contribution in [2.75, 3.05) is 5.32 Å². The summed E-state index contributed by atoms with van der Waals surface area (Å²) in [5, 5.41) is 4.43. The van der Waals surface area contributed by atoms with Gasteiger partial charge in [0, 0.05) is 17.3 Å². The molecule has 6 nitrogen and oxygen atoms in total. The van der Waals surface area contributed by atoms with Crippen LogP contribution in [0.4, 0.5) is 11.5 Å². The molecule has 4 rings (SSSR count). The number of aromatic amines is 1. The molecular formula is C14H9ClN6. The largest absolute Gasteiger partial charge is 0.338 e. The molecule has 3 aromatic heterocycles. The Morgan fingerprint density at radius 3 is 3.00 bits per heavy atom. The third-order valence-electron chi connectivity index (χ3n) is 3.12. The second kappa shape index (κ2) is 4.68. The Bertz CT molecular complexity index is 948. The minimum atomic E-state index is 0.164. The molecule has 0 amide bonds. The second-order valence-electron chi connectivity index (χ2n) is 4.48. The summed E-state index contributed by atoms with van der Waals surface area (Å²) in [7, 11) is 0. The predicted molar refractivity (Wildman–Crippen MR) is 81.7 cm³/mol. The summed E-state index contributed by atoms with van der Waals surface area (Å²) in [6.45, 7) is 0. The fourth-order valence-corrected chi connectivity index (χ4v) is 2.35. The van der Waals surface area contributed by atoms with Gasteiger partial charge in [-0.05, 0) is 35.9 Å². The molecule has 0 saturated heterocycles. The van der Waals surface area contributed by atoms with E-state index in [1.165, 1.54) is 0 Å². The van der Waals surface area contributed by atoms with Crippen molar-refractivity contribution in [1.29, 1.82) is 0 Å². The fourth-order valence-electron chi connectivity index (χ4n) is 2.19. The Morgan fingerprint density at radius 2 is 2.05 bits per heavy atom. The first-order chi connectivity index (χ1) is 10.3. The van der Waals surface area contributed by atoms with Crippen LogP contribution in [-0.4, -0.2) is 24.9 Å². The zero-order valence-electron chi connectivity index (χ0n) is 10.7. The van der Waals surface area contributed by atoms with Crippen molar-refractivity contribution in [2.45, 2.75) is 0 Å². The standard InChI is InChI=1S/C14H9ClN6/c15-14-20-12-11(17-7-18-12)13(21-14)19-9-3-4-10-8(6-9)2-1-5-16-10/h1-7H,(H2,17,18,19,20,21). The van der Waals surface area contributed by atoms with Gasteiger partial charge in [0.2, 0.25) is 5.28 Å². The number of rotatable bonds is 2. The lowest BCUT2D eigenvalue weighted by Crippen LogP contribution is -1.97. The molecular weight excluding hydrogens is 288 g/mol. The third kappa shape index (κ3) is 2.15. The van der Waals surface area contributed by atoms with Crippen LogP contribution in [0.15, 0.2) is 42.9 Å². The lowest BCUT2D eigenvalue weighted by molar-refractivity contribution is 1.20. The number of nitrogens with one attached hydrogen (secondary N) is 2. The molecule has 7 heteroatoms. The Hall–Kier alpha value is -2.73. The van der Waals surface area contributed by atoms with Crippen LogP contribution in [0.25, 0.3) is 22.1 Å². The molecule has 21 heavy (non-hydrogen) atoms. The van der Waals surface area contributed by atoms with E-state index >= 15 is 0 Å². The van der Waals surface area contributed by atoms with Gasteiger partial charge < -0.3 is 10.3 Å². The number of hydrogen-bond acceptors (Lipinski definition) is 5. The van der Waals surface area contributed by atoms with E-state index in [0.29, 0.717) is 17.0 Å². The van der Waals surface area contributed by atoms with Crippen LogP contribution in [0.3, 0.4) is 0 Å². The molecule has 0 bridgehead atoms. The van der Waals surface area contributed by atoms with Gasteiger partial charge in [0.05, 0.1) is 11.8 Å². The zero-order valence-corrected chi connectivity index (χ0v) is 11.5. The number of imidazole rings is 1. The van der Waals surface area contributed by atoms with Crippen LogP contribution >= 0.6 is 11.6 Å². The number of benzene rings is 1. The first-order valence-electron chi connectivity index (χ1n) is 6.28. The molecule has 0 aliphatic rings. The van der Waals surface area contributed by atoms with Crippen molar-refractivity contribution in [1.82, 2.24) is 24.9 Å². The van der Waals surface area contributed by atoms with Gasteiger partial charge in [-0.25, -0.2) is 4.98 Å². The molecule has 0 saturated carbocycles. The van der Waals surface area contributed by atoms with Crippen molar-refractivity contribution >= 4 is 45.2 Å². The fraction of sp³-hybridized carbons (Fsp3) is 0. The average Bonchev–Trinajstić information content (AvgIpc) is 2.95. The number of nitrogens with zero attached hydrogens (tertiary/aromatic N) is 4. The van der Waals surface area contributed by atoms with E-state index in [1.54, 1.807) is 12.5 Å². The maximum absolute atomic E-state index is 5.92. The van der Waals surface area contributed by atoms with E-state index < -0.39 is 0 Å². The number of halogens is 1. The van der Waals surface area contributed by atoms with E-state index in [1.807, 2.05) is 30.3 Å². The van der Waals surface area contributed by atoms with Gasteiger partial charge in [0.15, 0.2) is 17.0 Å². The van der Waals surface area contributed by atoms with Crippen molar-refractivity contribution < 1.29 is 0 Å². The molecule has 0 spiro atoms. The van der Waals surface area contributed by atoms with E-state index in [-0.39, 0.29) is 5.28 Å². The van der Waals surface area contributed by atoms with Gasteiger partial charge in [0.1, 0.15) is 0 Å². The van der Waals surface area contributed by atoms with E-state index in [0.717, 1.165) is 16.6 Å². The quantitative estimate of drug-likeness (QED) is 0.555. The van der Waals surface area contributed by atoms with Crippen molar-refractivity contribution in [3.8, 4) is 0 Å². The molecule has 1 aromatic carbocycles. The summed E-state index contributed by atoms with van der Waals surface area (Å²) in [5.74, 6) is 0.564. The summed E-state index contributed by atoms with van der Waals surface area (Å²) in [6, 6.07) is 9.78. The Labute approximate surface area is 124 Å². The van der Waals surface area contributed by atoms with Crippen LogP contribution in [0.2, 0.25) is 5.28 Å². The summed E-state index contributed by atoms with van der Waals surface area (Å²) >= 11 is 5.92. The SMILES string of the molecule is Clc1nc(Nc2ccc3ncccc3c2)c2nc[nH]c2n1. The van der Waals surface area contributed by atoms with E-state index in [9.17, 15) is 0 Å². The van der Waals surface area contributed by atoms with Crippen molar-refractivity contribution in [2.24, 2.45) is 0 Å². The monoisotopic (exact) mass is 296 g/mol. The number of pyridine rings is 1. The zero-order chi connectivity index (χ0) is 14.2. The minimum Gasteiger partial charge on any atom is -0.338 e. The summed E-state index contributed by atoms with van der Waals surface area (Å²) in [4.78, 5) is 19.7. The molecule has 0 fully saturated rings. The highest BCUT2D eigenvalue weighted by atomic mass is 35.5. The first kappa shape index (κ1) is 12.0. The van der Waals surface area contributed by atoms with Crippen LogP contribution in [0.1, 0.15) is 0 Å². The number of aromatic nitrogens is 5. The van der Waals surface area contributed by atoms with Gasteiger partial charge in [-0.2, -0.15) is 9.97 Å². The normalized spacial score (nSPS) is 11.1. The molecule has 4 aromatic rings. The smallest absolute Gasteiger partial charge is 0.226 e. The molecule has 102 valence electrons. The van der Waals surface area contributed by atoms with Gasteiger partial charge in [-0.1, -0.05) is 6.07 Å². The number of hydrogen-bond donors (Lipinski definition) is 2. The van der Waals surface area contributed by atoms with Gasteiger partial charge in [0.25, 0.3) is 0 Å². The number of anilines is 2. The number of H-pyrrole nitrogens is 1. The van der Waals surface area contributed by atoms with Crippen molar-refractivity contribution in [3.63, 3.8) is 0 Å². The van der Waals surface area contributed by atoms with Crippen molar-refractivity contribution in [3.05, 3.63) is 48.1 Å². The Kier molecular flexibility index (Phi) is 2.68. The summed E-state index contributed by atoms with van der Waals surface area (Å²) in [5.41, 5.74) is 3.06. The molecule has 0 aliphatic carbocycles. The van der Waals surface area contributed by atoms with Crippen LogP contribution in [-0.2, 0) is 0 Å². The van der Waals surface area contributed by atoms with Gasteiger partial charge >= 0.3 is 0 Å². The van der Waals surface area contributed by atoms with Crippen LogP contribution < -0.4 is 5.32 Å². The molecule has 0 aliphatic heterocycles. The van der Waals surface area contributed by atoms with Gasteiger partial charge in [-0.15, -0.1) is 0 Å². The topological polar surface area (TPSA) is 79.4 Å². The lowest BCUT2D eigenvalue weighted by atomic mass is 10.2. The maximum Gasteiger partial charge on any atom is 0.226 e. The average molecular weight is 297 g/mol. The maximum atomic E-state index is 5.92. The highest BCUT2D eigenvalue weighted by Gasteiger charge is 2.09. The van der Waals surface area contributed by atoms with E-state index in [4.69, 9.17) is 11.6 Å². The Balaban J connectivity index is 1.80. The lowest BCUT2D eigenvalue weighted by Gasteiger charge is -2.07. The highest BCUT2D eigenvalue weighted by molar-refractivity contribution is 6.28. The van der Waals surface area contributed by atoms with Gasteiger partial charge in [-0.3, -0.25) is 4.98 Å². The summed E-state index contributed by atoms with van der Waals surface area (Å²) < 4.78 is 0. The van der Waals surface area contributed by atoms with Crippen LogP contribution in [0, 0.1) is 0 Å². The molecule has 0 unspecified atom stereocenters. The van der Waals surface area contributed by atoms with Crippen LogP contribution in [0.5, 0.6) is 0 Å². The molecule has 2 N–H and O–H groups in total. The highest BCUT2D eigenvalue weighted by Crippen LogP contribution is 2.24. The number of fused-ring (bicyclic) bond motifs is 2. The third-order valence-corrected chi connectivity index (χ3v) is 3.29. The van der Waals surface area contributed by atoms with E-state index in [2.05, 4.69) is 30.2 Å². The molecule has 0 atom stereocenters. The minimum absolute atomic E-state index is 0.164. The molecule has 0 radical (unpaired) electrons. The molecule has 3 heterocycles. The summed E-state index contributed by atoms with van der Waals surface area (Å²) in [6.07, 6.45) is 3.33. The predicted octanol–water partition coefficient (Wildman–Crippen LogP) is 3.30.